The number of likely N-dealkylation sites (tertiary alicyclic amines) is 1. The summed E-state index contributed by atoms with van der Waals surface area (Å²) < 4.78 is 28.2. The van der Waals surface area contributed by atoms with E-state index in [-0.39, 0.29) is 11.2 Å². The van der Waals surface area contributed by atoms with Crippen LogP contribution in [0.4, 0.5) is 0 Å². The minimum Gasteiger partial charge on any atom is -0.297 e. The van der Waals surface area contributed by atoms with Crippen molar-refractivity contribution in [3.05, 3.63) is 66.2 Å². The first-order chi connectivity index (χ1) is 13.9. The van der Waals surface area contributed by atoms with E-state index in [2.05, 4.69) is 41.1 Å². The molecule has 2 aliphatic heterocycles. The molecule has 0 spiro atoms. The Morgan fingerprint density at radius 1 is 1.14 bits per heavy atom. The van der Waals surface area contributed by atoms with Crippen LogP contribution in [0.15, 0.2) is 60.0 Å². The van der Waals surface area contributed by atoms with E-state index in [1.54, 1.807) is 12.3 Å². The average Bonchev–Trinajstić information content (AvgIpc) is 3.40. The van der Waals surface area contributed by atoms with Crippen LogP contribution in [0.25, 0.3) is 11.1 Å². The number of aromatic nitrogens is 3. The smallest absolute Gasteiger partial charge is 0.183 e. The SMILES string of the molecule is CC(C)n1cc(CN2C[C@H]3c4cc(-c5cccnc5)ccc4S(=O)(=O)[C@H]3C2)cn1. The van der Waals surface area contributed by atoms with Crippen LogP contribution in [-0.4, -0.2) is 46.4 Å². The zero-order valence-electron chi connectivity index (χ0n) is 16.6. The molecule has 6 nitrogen and oxygen atoms in total. The van der Waals surface area contributed by atoms with Crippen molar-refractivity contribution >= 4 is 9.84 Å². The number of nitrogens with zero attached hydrogens (tertiary/aromatic N) is 4. The van der Waals surface area contributed by atoms with E-state index in [0.717, 1.165) is 35.3 Å². The fourth-order valence-electron chi connectivity index (χ4n) is 4.57. The predicted octanol–water partition coefficient (Wildman–Crippen LogP) is 3.28. The van der Waals surface area contributed by atoms with Gasteiger partial charge in [-0.05, 0) is 48.7 Å². The summed E-state index contributed by atoms with van der Waals surface area (Å²) >= 11 is 0. The molecule has 1 fully saturated rings. The Labute approximate surface area is 171 Å². The Morgan fingerprint density at radius 2 is 2.00 bits per heavy atom. The molecule has 29 heavy (non-hydrogen) atoms. The molecule has 0 N–H and O–H groups in total. The molecule has 0 radical (unpaired) electrons. The Hall–Kier alpha value is -2.51. The van der Waals surface area contributed by atoms with Gasteiger partial charge in [0.1, 0.15) is 0 Å². The second-order valence-corrected chi connectivity index (χ2v) is 10.4. The zero-order chi connectivity index (χ0) is 20.2. The number of rotatable bonds is 4. The van der Waals surface area contributed by atoms with E-state index >= 15 is 0 Å². The summed E-state index contributed by atoms with van der Waals surface area (Å²) in [6, 6.07) is 9.95. The zero-order valence-corrected chi connectivity index (χ0v) is 17.4. The summed E-state index contributed by atoms with van der Waals surface area (Å²) in [5.74, 6) is 0.0202. The molecular weight excluding hydrogens is 384 g/mol. The molecule has 2 atom stereocenters. The highest BCUT2D eigenvalue weighted by molar-refractivity contribution is 7.92. The lowest BCUT2D eigenvalue weighted by molar-refractivity contribution is 0.325. The van der Waals surface area contributed by atoms with E-state index < -0.39 is 9.84 Å². The number of hydrogen-bond donors (Lipinski definition) is 0. The number of benzene rings is 1. The van der Waals surface area contributed by atoms with E-state index in [0.29, 0.717) is 17.5 Å². The van der Waals surface area contributed by atoms with Crippen LogP contribution in [-0.2, 0) is 16.4 Å². The Balaban J connectivity index is 1.43. The van der Waals surface area contributed by atoms with Gasteiger partial charge in [0.15, 0.2) is 9.84 Å². The standard InChI is InChI=1S/C22H24N4O2S/c1-15(2)26-12-16(9-24-26)11-25-13-20-19-8-17(18-4-3-7-23-10-18)5-6-21(19)29(27,28)22(20)14-25/h3-10,12,15,20,22H,11,13-14H2,1-2H3/t20-,22-/m0/s1. The largest absolute Gasteiger partial charge is 0.297 e. The van der Waals surface area contributed by atoms with Gasteiger partial charge in [-0.25, -0.2) is 8.42 Å². The van der Waals surface area contributed by atoms with Crippen molar-refractivity contribution in [2.24, 2.45) is 0 Å². The first-order valence-corrected chi connectivity index (χ1v) is 11.5. The van der Waals surface area contributed by atoms with Gasteiger partial charge in [0.2, 0.25) is 0 Å². The third kappa shape index (κ3) is 3.09. The fourth-order valence-corrected chi connectivity index (χ4v) is 6.76. The fraction of sp³-hybridized carbons (Fsp3) is 0.364. The molecule has 2 aromatic heterocycles. The lowest BCUT2D eigenvalue weighted by Gasteiger charge is -2.16. The molecule has 150 valence electrons. The summed E-state index contributed by atoms with van der Waals surface area (Å²) in [7, 11) is -3.29. The highest BCUT2D eigenvalue weighted by Gasteiger charge is 2.50. The second-order valence-electron chi connectivity index (χ2n) is 8.30. The van der Waals surface area contributed by atoms with Gasteiger partial charge in [0.25, 0.3) is 0 Å². The molecule has 0 saturated carbocycles. The van der Waals surface area contributed by atoms with E-state index in [4.69, 9.17) is 0 Å². The molecule has 4 heterocycles. The van der Waals surface area contributed by atoms with Gasteiger partial charge in [0.05, 0.1) is 16.3 Å². The first kappa shape index (κ1) is 18.5. The highest BCUT2D eigenvalue weighted by Crippen LogP contribution is 2.46. The average molecular weight is 409 g/mol. The molecule has 0 aliphatic carbocycles. The normalized spacial score (nSPS) is 22.7. The second kappa shape index (κ2) is 6.78. The minimum atomic E-state index is -3.29. The number of fused-ring (bicyclic) bond motifs is 3. The van der Waals surface area contributed by atoms with Crippen LogP contribution in [0.1, 0.15) is 36.9 Å². The van der Waals surface area contributed by atoms with Crippen LogP contribution in [0.5, 0.6) is 0 Å². The third-order valence-corrected chi connectivity index (χ3v) is 8.30. The van der Waals surface area contributed by atoms with Crippen molar-refractivity contribution in [3.8, 4) is 11.1 Å². The van der Waals surface area contributed by atoms with Gasteiger partial charge in [-0.1, -0.05) is 12.1 Å². The van der Waals surface area contributed by atoms with Crippen molar-refractivity contribution in [3.63, 3.8) is 0 Å². The lowest BCUT2D eigenvalue weighted by Crippen LogP contribution is -2.25. The molecule has 1 aromatic carbocycles. The quantitative estimate of drug-likeness (QED) is 0.663. The Morgan fingerprint density at radius 3 is 2.72 bits per heavy atom. The van der Waals surface area contributed by atoms with Crippen LogP contribution >= 0.6 is 0 Å². The topological polar surface area (TPSA) is 68.1 Å². The van der Waals surface area contributed by atoms with E-state index in [1.807, 2.05) is 35.3 Å². The van der Waals surface area contributed by atoms with Crippen molar-refractivity contribution in [1.29, 1.82) is 0 Å². The van der Waals surface area contributed by atoms with Gasteiger partial charge in [-0.15, -0.1) is 0 Å². The van der Waals surface area contributed by atoms with Gasteiger partial charge in [-0.2, -0.15) is 5.10 Å². The molecule has 7 heteroatoms. The Bertz CT molecular complexity index is 1150. The maximum absolute atomic E-state index is 13.1. The van der Waals surface area contributed by atoms with E-state index in [9.17, 15) is 8.42 Å². The minimum absolute atomic E-state index is 0.0202. The molecule has 3 aromatic rings. The summed E-state index contributed by atoms with van der Waals surface area (Å²) in [4.78, 5) is 6.94. The van der Waals surface area contributed by atoms with Crippen molar-refractivity contribution in [1.82, 2.24) is 19.7 Å². The van der Waals surface area contributed by atoms with Gasteiger partial charge >= 0.3 is 0 Å². The summed E-state index contributed by atoms with van der Waals surface area (Å²) in [5, 5.41) is 4.05. The van der Waals surface area contributed by atoms with Crippen LogP contribution in [0.3, 0.4) is 0 Å². The third-order valence-electron chi connectivity index (χ3n) is 6.04. The summed E-state index contributed by atoms with van der Waals surface area (Å²) in [6.45, 7) is 6.24. The molecule has 0 bridgehead atoms. The molecule has 1 saturated heterocycles. The van der Waals surface area contributed by atoms with Crippen molar-refractivity contribution < 1.29 is 8.42 Å². The molecule has 0 unspecified atom stereocenters. The monoisotopic (exact) mass is 408 g/mol. The van der Waals surface area contributed by atoms with Crippen molar-refractivity contribution in [2.75, 3.05) is 13.1 Å². The van der Waals surface area contributed by atoms with Crippen LogP contribution in [0.2, 0.25) is 0 Å². The van der Waals surface area contributed by atoms with Gasteiger partial charge < -0.3 is 0 Å². The lowest BCUT2D eigenvalue weighted by atomic mass is 9.95. The molecule has 5 rings (SSSR count). The van der Waals surface area contributed by atoms with Gasteiger partial charge in [-0.3, -0.25) is 14.6 Å². The Kier molecular flexibility index (Phi) is 4.33. The van der Waals surface area contributed by atoms with E-state index in [1.165, 1.54) is 0 Å². The van der Waals surface area contributed by atoms with Crippen molar-refractivity contribution in [2.45, 2.75) is 42.5 Å². The molecular formula is C22H24N4O2S. The first-order valence-electron chi connectivity index (χ1n) is 9.97. The summed E-state index contributed by atoms with van der Waals surface area (Å²) in [5.41, 5.74) is 4.11. The number of hydrogen-bond acceptors (Lipinski definition) is 5. The maximum Gasteiger partial charge on any atom is 0.183 e. The molecule has 0 amide bonds. The van der Waals surface area contributed by atoms with Crippen LogP contribution < -0.4 is 0 Å². The maximum atomic E-state index is 13.1. The number of pyridine rings is 1. The molecule has 2 aliphatic rings. The van der Waals surface area contributed by atoms with Gasteiger partial charge in [0, 0.05) is 55.7 Å². The predicted molar refractivity (Wildman–Crippen MR) is 111 cm³/mol. The summed E-state index contributed by atoms with van der Waals surface area (Å²) in [6.07, 6.45) is 7.50. The number of sulfone groups is 1. The highest BCUT2D eigenvalue weighted by atomic mass is 32.2. The van der Waals surface area contributed by atoms with Crippen LogP contribution in [0, 0.1) is 0 Å².